The van der Waals surface area contributed by atoms with Crippen molar-refractivity contribution >= 4 is 5.91 Å². The Balaban J connectivity index is 1.55. The lowest BCUT2D eigenvalue weighted by atomic mass is 9.97. The molecule has 12 atom stereocenters. The molecule has 2 aliphatic heterocycles. The summed E-state index contributed by atoms with van der Waals surface area (Å²) in [5.74, 6) is -0.197. The fourth-order valence-corrected chi connectivity index (χ4v) is 13.4. The molecule has 14 heteroatoms. The van der Waals surface area contributed by atoms with Crippen LogP contribution in [0, 0.1) is 0 Å². The van der Waals surface area contributed by atoms with Crippen LogP contribution in [0.3, 0.4) is 0 Å². The second kappa shape index (κ2) is 63.0. The largest absolute Gasteiger partial charge is 0.394 e. The van der Waals surface area contributed by atoms with Crippen molar-refractivity contribution in [2.24, 2.45) is 0 Å². The Kier molecular flexibility index (Phi) is 59.2. The minimum atomic E-state index is -1.78. The molecule has 0 bridgehead atoms. The van der Waals surface area contributed by atoms with Gasteiger partial charge in [0.1, 0.15) is 48.8 Å². The summed E-state index contributed by atoms with van der Waals surface area (Å²) in [7, 11) is 0. The zero-order valence-electron chi connectivity index (χ0n) is 59.6. The highest BCUT2D eigenvalue weighted by molar-refractivity contribution is 5.76. The van der Waals surface area contributed by atoms with E-state index in [-0.39, 0.29) is 12.5 Å². The lowest BCUT2D eigenvalue weighted by Crippen LogP contribution is -2.65. The summed E-state index contributed by atoms with van der Waals surface area (Å²) in [6.45, 7) is 2.91. The molecule has 2 fully saturated rings. The standard InChI is InChI=1S/C78H149NO13/c1-3-5-7-9-11-13-15-17-19-21-23-24-25-26-27-28-29-30-31-32-33-34-35-36-37-38-39-40-41-42-44-46-48-50-52-54-56-58-60-62-70(83)79-66(67(82)61-59-57-55-53-51-49-47-45-43-22-20-18-16-14-12-10-8-6-4-2)65-89-77-75(88)73(86)76(69(64-81)91-77)92-78-74(87)72(85)71(84)68(63-80)90-78/h15,17,21,23,66-69,71-78,80-82,84-88H,3-14,16,18-20,22,24-65H2,1-2H3,(H,79,83)/b17-15-,23-21-. The number of carbonyl (C=O) groups is 1. The molecular weight excluding hydrogens is 1160 g/mol. The van der Waals surface area contributed by atoms with Gasteiger partial charge < -0.3 is 65.1 Å². The van der Waals surface area contributed by atoms with E-state index in [0.29, 0.717) is 12.8 Å². The summed E-state index contributed by atoms with van der Waals surface area (Å²) in [5.41, 5.74) is 0. The second-order valence-electron chi connectivity index (χ2n) is 28.2. The summed E-state index contributed by atoms with van der Waals surface area (Å²) >= 11 is 0. The van der Waals surface area contributed by atoms with E-state index in [4.69, 9.17) is 18.9 Å². The lowest BCUT2D eigenvalue weighted by Gasteiger charge is -2.46. The first kappa shape index (κ1) is 86.6. The fourth-order valence-electron chi connectivity index (χ4n) is 13.4. The third-order valence-corrected chi connectivity index (χ3v) is 19.7. The van der Waals surface area contributed by atoms with Gasteiger partial charge in [-0.3, -0.25) is 4.79 Å². The van der Waals surface area contributed by atoms with Crippen LogP contribution in [0.25, 0.3) is 0 Å². The molecule has 9 N–H and O–H groups in total. The third kappa shape index (κ3) is 45.9. The zero-order valence-corrected chi connectivity index (χ0v) is 59.6. The average Bonchev–Trinajstić information content (AvgIpc) is 1.05. The van der Waals surface area contributed by atoms with Crippen molar-refractivity contribution in [2.45, 2.75) is 447 Å². The van der Waals surface area contributed by atoms with Crippen LogP contribution in [-0.4, -0.2) is 140 Å². The van der Waals surface area contributed by atoms with Crippen LogP contribution in [-0.2, 0) is 23.7 Å². The second-order valence-corrected chi connectivity index (χ2v) is 28.2. The highest BCUT2D eigenvalue weighted by Gasteiger charge is 2.51. The molecule has 0 aliphatic carbocycles. The molecule has 0 radical (unpaired) electrons. The van der Waals surface area contributed by atoms with Crippen molar-refractivity contribution in [3.63, 3.8) is 0 Å². The number of carbonyl (C=O) groups excluding carboxylic acids is 1. The molecule has 0 aromatic rings. The van der Waals surface area contributed by atoms with E-state index in [2.05, 4.69) is 43.5 Å². The van der Waals surface area contributed by atoms with E-state index in [1.165, 1.54) is 289 Å². The molecule has 12 unspecified atom stereocenters. The predicted molar refractivity (Wildman–Crippen MR) is 378 cm³/mol. The zero-order chi connectivity index (χ0) is 66.6. The van der Waals surface area contributed by atoms with Crippen molar-refractivity contribution in [3.8, 4) is 0 Å². The third-order valence-electron chi connectivity index (χ3n) is 19.7. The molecule has 544 valence electrons. The van der Waals surface area contributed by atoms with E-state index >= 15 is 0 Å². The summed E-state index contributed by atoms with van der Waals surface area (Å²) in [4.78, 5) is 13.4. The quantitative estimate of drug-likeness (QED) is 0.0204. The molecule has 1 amide bonds. The first-order valence-corrected chi connectivity index (χ1v) is 39.6. The summed E-state index contributed by atoms with van der Waals surface area (Å²) in [6, 6.07) is -0.826. The number of hydrogen-bond acceptors (Lipinski definition) is 13. The Morgan fingerprint density at radius 1 is 0.391 bits per heavy atom. The van der Waals surface area contributed by atoms with Crippen molar-refractivity contribution in [1.29, 1.82) is 0 Å². The number of ether oxygens (including phenoxy) is 4. The molecular formula is C78H149NO13. The van der Waals surface area contributed by atoms with Crippen LogP contribution in [0.1, 0.15) is 373 Å². The van der Waals surface area contributed by atoms with Crippen LogP contribution in [0.4, 0.5) is 0 Å². The van der Waals surface area contributed by atoms with Crippen LogP contribution < -0.4 is 5.32 Å². The van der Waals surface area contributed by atoms with Gasteiger partial charge in [-0.25, -0.2) is 0 Å². The SMILES string of the molecule is CCCCCCC/C=C\C/C=C\CCCCCCCCCCCCCCCCCCCCCCCCCCCCCC(=O)NC(COC1OC(CO)C(OC2OC(CO)C(O)C(O)C2O)C(O)C1O)C(O)CCCCCCCCCCCCCCCCCCCCC. The monoisotopic (exact) mass is 1310 g/mol. The Morgan fingerprint density at radius 3 is 1.09 bits per heavy atom. The van der Waals surface area contributed by atoms with E-state index in [9.17, 15) is 45.6 Å². The van der Waals surface area contributed by atoms with E-state index in [0.717, 1.165) is 57.8 Å². The van der Waals surface area contributed by atoms with E-state index in [1.54, 1.807) is 0 Å². The molecule has 0 spiro atoms. The number of nitrogens with one attached hydrogen (secondary N) is 1. The normalized spacial score (nSPS) is 22.7. The number of rotatable bonds is 67. The van der Waals surface area contributed by atoms with Gasteiger partial charge in [0.2, 0.25) is 5.91 Å². The van der Waals surface area contributed by atoms with E-state index < -0.39 is 86.8 Å². The Labute approximate surface area is 564 Å². The summed E-state index contributed by atoms with van der Waals surface area (Å²) < 4.78 is 23.0. The maximum Gasteiger partial charge on any atom is 0.220 e. The van der Waals surface area contributed by atoms with Crippen molar-refractivity contribution in [3.05, 3.63) is 24.3 Å². The maximum absolute atomic E-state index is 13.4. The van der Waals surface area contributed by atoms with Gasteiger partial charge in [-0.2, -0.15) is 0 Å². The molecule has 2 aliphatic rings. The van der Waals surface area contributed by atoms with Gasteiger partial charge in [-0.15, -0.1) is 0 Å². The molecule has 2 saturated heterocycles. The van der Waals surface area contributed by atoms with Gasteiger partial charge >= 0.3 is 0 Å². The number of allylic oxidation sites excluding steroid dienone is 4. The molecule has 92 heavy (non-hydrogen) atoms. The van der Waals surface area contributed by atoms with Gasteiger partial charge in [0.15, 0.2) is 12.6 Å². The van der Waals surface area contributed by atoms with Crippen molar-refractivity contribution in [2.75, 3.05) is 19.8 Å². The highest BCUT2D eigenvalue weighted by atomic mass is 16.7. The highest BCUT2D eigenvalue weighted by Crippen LogP contribution is 2.30. The first-order valence-electron chi connectivity index (χ1n) is 39.6. The van der Waals surface area contributed by atoms with Crippen molar-refractivity contribution < 1.29 is 64.6 Å². The Morgan fingerprint density at radius 2 is 0.717 bits per heavy atom. The number of amides is 1. The molecule has 14 nitrogen and oxygen atoms in total. The van der Waals surface area contributed by atoms with Gasteiger partial charge in [0.05, 0.1) is 32.0 Å². The molecule has 0 aromatic carbocycles. The number of aliphatic hydroxyl groups excluding tert-OH is 8. The number of unbranched alkanes of at least 4 members (excludes halogenated alkanes) is 50. The Hall–Kier alpha value is -1.53. The number of aliphatic hydroxyl groups is 8. The Bertz CT molecular complexity index is 1640. The molecule has 2 heterocycles. The van der Waals surface area contributed by atoms with Gasteiger partial charge in [-0.1, -0.05) is 346 Å². The van der Waals surface area contributed by atoms with Crippen LogP contribution in [0.2, 0.25) is 0 Å². The van der Waals surface area contributed by atoms with Crippen LogP contribution in [0.5, 0.6) is 0 Å². The summed E-state index contributed by atoms with van der Waals surface area (Å²) in [6.07, 6.45) is 63.7. The predicted octanol–water partition coefficient (Wildman–Crippen LogP) is 17.5. The van der Waals surface area contributed by atoms with E-state index in [1.807, 2.05) is 0 Å². The number of hydrogen-bond donors (Lipinski definition) is 9. The minimum absolute atomic E-state index is 0.197. The molecule has 0 saturated carbocycles. The lowest BCUT2D eigenvalue weighted by molar-refractivity contribution is -0.359. The van der Waals surface area contributed by atoms with Gasteiger partial charge in [0, 0.05) is 6.42 Å². The fraction of sp³-hybridized carbons (Fsp3) is 0.936. The topological polar surface area (TPSA) is 228 Å². The van der Waals surface area contributed by atoms with Crippen LogP contribution >= 0.6 is 0 Å². The van der Waals surface area contributed by atoms with Crippen molar-refractivity contribution in [1.82, 2.24) is 5.32 Å². The van der Waals surface area contributed by atoms with Crippen LogP contribution in [0.15, 0.2) is 24.3 Å². The molecule has 0 aromatic heterocycles. The summed E-state index contributed by atoms with van der Waals surface area (Å²) in [5, 5.41) is 87.7. The molecule has 2 rings (SSSR count). The maximum atomic E-state index is 13.4. The first-order chi connectivity index (χ1) is 45.1. The van der Waals surface area contributed by atoms with Gasteiger partial charge in [-0.05, 0) is 44.9 Å². The smallest absolute Gasteiger partial charge is 0.220 e. The minimum Gasteiger partial charge on any atom is -0.394 e. The van der Waals surface area contributed by atoms with Gasteiger partial charge in [0.25, 0.3) is 0 Å². The average molecular weight is 1310 g/mol.